The third-order valence-electron chi connectivity index (χ3n) is 3.70. The molecule has 0 radical (unpaired) electrons. The quantitative estimate of drug-likeness (QED) is 0.476. The molecule has 0 amide bonds. The zero-order valence-electron chi connectivity index (χ0n) is 11.8. The summed E-state index contributed by atoms with van der Waals surface area (Å²) in [5.41, 5.74) is 2.73. The molecule has 108 valence electrons. The average molecular weight is 309 g/mol. The fourth-order valence-electron chi connectivity index (χ4n) is 2.57. The normalized spacial score (nSPS) is 11.1. The van der Waals surface area contributed by atoms with E-state index in [1.54, 1.807) is 0 Å². The minimum atomic E-state index is 0.445. The summed E-state index contributed by atoms with van der Waals surface area (Å²) < 4.78 is 11.7. The monoisotopic (exact) mass is 308 g/mol. The molecule has 0 fully saturated rings. The van der Waals surface area contributed by atoms with Crippen LogP contribution in [0, 0.1) is 0 Å². The lowest BCUT2D eigenvalue weighted by Crippen LogP contribution is -1.95. The van der Waals surface area contributed by atoms with E-state index < -0.39 is 0 Å². The Kier molecular flexibility index (Phi) is 3.24. The first-order valence-corrected chi connectivity index (χ1v) is 7.46. The summed E-state index contributed by atoms with van der Waals surface area (Å²) in [5, 5.41) is 2.88. The van der Waals surface area contributed by atoms with Crippen molar-refractivity contribution in [3.63, 3.8) is 0 Å². The summed E-state index contributed by atoms with van der Waals surface area (Å²) in [4.78, 5) is 0. The van der Waals surface area contributed by atoms with E-state index in [1.165, 1.54) is 0 Å². The maximum Gasteiger partial charge on any atom is 0.135 e. The third-order valence-corrected chi connectivity index (χ3v) is 4.07. The van der Waals surface area contributed by atoms with E-state index in [-0.39, 0.29) is 0 Å². The van der Waals surface area contributed by atoms with Gasteiger partial charge in [0.1, 0.15) is 23.5 Å². The lowest BCUT2D eigenvalue weighted by molar-refractivity contribution is 0.306. The molecular weight excluding hydrogens is 296 g/mol. The highest BCUT2D eigenvalue weighted by Gasteiger charge is 2.08. The molecule has 2 nitrogen and oxygen atoms in total. The molecule has 22 heavy (non-hydrogen) atoms. The van der Waals surface area contributed by atoms with Crippen LogP contribution in [0.5, 0.6) is 5.75 Å². The average Bonchev–Trinajstić information content (AvgIpc) is 2.92. The van der Waals surface area contributed by atoms with Crippen LogP contribution in [-0.4, -0.2) is 0 Å². The highest BCUT2D eigenvalue weighted by atomic mass is 35.5. The van der Waals surface area contributed by atoms with Crippen molar-refractivity contribution in [2.75, 3.05) is 0 Å². The molecule has 0 bridgehead atoms. The Balaban J connectivity index is 1.67. The van der Waals surface area contributed by atoms with E-state index in [2.05, 4.69) is 6.07 Å². The molecule has 3 heteroatoms. The topological polar surface area (TPSA) is 22.4 Å². The second-order valence-electron chi connectivity index (χ2n) is 5.14. The van der Waals surface area contributed by atoms with Crippen LogP contribution in [0.25, 0.3) is 21.9 Å². The van der Waals surface area contributed by atoms with Gasteiger partial charge in [0.2, 0.25) is 0 Å². The number of hydrogen-bond acceptors (Lipinski definition) is 2. The van der Waals surface area contributed by atoms with Crippen molar-refractivity contribution in [2.45, 2.75) is 6.61 Å². The molecule has 0 unspecified atom stereocenters. The van der Waals surface area contributed by atoms with Crippen LogP contribution >= 0.6 is 11.6 Å². The van der Waals surface area contributed by atoms with Gasteiger partial charge in [0, 0.05) is 21.4 Å². The zero-order valence-corrected chi connectivity index (χ0v) is 12.5. The number of hydrogen-bond donors (Lipinski definition) is 0. The SMILES string of the molecule is Clc1ccccc1COc1ccc2oc3ccccc3c2c1. The first-order chi connectivity index (χ1) is 10.8. The number of para-hydroxylation sites is 1. The Bertz CT molecular complexity index is 956. The summed E-state index contributed by atoms with van der Waals surface area (Å²) in [6, 6.07) is 21.6. The Morgan fingerprint density at radius 2 is 1.59 bits per heavy atom. The highest BCUT2D eigenvalue weighted by molar-refractivity contribution is 6.31. The fourth-order valence-corrected chi connectivity index (χ4v) is 2.76. The lowest BCUT2D eigenvalue weighted by Gasteiger charge is -2.07. The van der Waals surface area contributed by atoms with Crippen LogP contribution in [0.1, 0.15) is 5.56 Å². The molecule has 0 aliphatic heterocycles. The summed E-state index contributed by atoms with van der Waals surface area (Å²) >= 11 is 6.15. The van der Waals surface area contributed by atoms with Gasteiger partial charge in [-0.3, -0.25) is 0 Å². The summed E-state index contributed by atoms with van der Waals surface area (Å²) in [7, 11) is 0. The Hall–Kier alpha value is -2.45. The molecule has 0 aliphatic rings. The molecule has 1 aromatic heterocycles. The number of benzene rings is 3. The molecule has 1 heterocycles. The number of halogens is 1. The Labute approximate surface area is 132 Å². The molecule has 0 aliphatic carbocycles. The second-order valence-corrected chi connectivity index (χ2v) is 5.54. The van der Waals surface area contributed by atoms with Crippen LogP contribution in [0.4, 0.5) is 0 Å². The van der Waals surface area contributed by atoms with E-state index in [0.29, 0.717) is 6.61 Å². The number of rotatable bonds is 3. The van der Waals surface area contributed by atoms with Gasteiger partial charge in [0.25, 0.3) is 0 Å². The first-order valence-electron chi connectivity index (χ1n) is 7.09. The summed E-state index contributed by atoms with van der Waals surface area (Å²) in [6.07, 6.45) is 0. The van der Waals surface area contributed by atoms with E-state index in [4.69, 9.17) is 20.8 Å². The minimum Gasteiger partial charge on any atom is -0.489 e. The molecule has 0 atom stereocenters. The molecule has 4 rings (SSSR count). The fraction of sp³-hybridized carbons (Fsp3) is 0.0526. The van der Waals surface area contributed by atoms with Gasteiger partial charge in [-0.15, -0.1) is 0 Å². The van der Waals surface area contributed by atoms with E-state index >= 15 is 0 Å². The third kappa shape index (κ3) is 2.32. The van der Waals surface area contributed by atoms with Crippen molar-refractivity contribution >= 4 is 33.5 Å². The maximum absolute atomic E-state index is 6.15. The van der Waals surface area contributed by atoms with Crippen molar-refractivity contribution in [1.29, 1.82) is 0 Å². The minimum absolute atomic E-state index is 0.445. The first kappa shape index (κ1) is 13.2. The number of furan rings is 1. The maximum atomic E-state index is 6.15. The molecule has 4 aromatic rings. The van der Waals surface area contributed by atoms with E-state index in [1.807, 2.05) is 60.7 Å². The van der Waals surface area contributed by atoms with Gasteiger partial charge in [0.15, 0.2) is 0 Å². The summed E-state index contributed by atoms with van der Waals surface area (Å²) in [5.74, 6) is 0.805. The predicted molar refractivity (Wildman–Crippen MR) is 89.5 cm³/mol. The lowest BCUT2D eigenvalue weighted by atomic mass is 10.1. The highest BCUT2D eigenvalue weighted by Crippen LogP contribution is 2.31. The molecule has 0 spiro atoms. The van der Waals surface area contributed by atoms with E-state index in [9.17, 15) is 0 Å². The van der Waals surface area contributed by atoms with Crippen LogP contribution in [0.2, 0.25) is 5.02 Å². The Morgan fingerprint density at radius 3 is 2.50 bits per heavy atom. The van der Waals surface area contributed by atoms with Gasteiger partial charge in [-0.2, -0.15) is 0 Å². The van der Waals surface area contributed by atoms with Crippen LogP contribution in [-0.2, 0) is 6.61 Å². The second kappa shape index (κ2) is 5.39. The largest absolute Gasteiger partial charge is 0.489 e. The van der Waals surface area contributed by atoms with Gasteiger partial charge < -0.3 is 9.15 Å². The van der Waals surface area contributed by atoms with Crippen LogP contribution in [0.15, 0.2) is 71.1 Å². The molecule has 0 saturated carbocycles. The number of fused-ring (bicyclic) bond motifs is 3. The molecular formula is C19H13ClO2. The number of ether oxygens (including phenoxy) is 1. The van der Waals surface area contributed by atoms with Crippen molar-refractivity contribution in [3.8, 4) is 5.75 Å². The van der Waals surface area contributed by atoms with Crippen molar-refractivity contribution in [3.05, 3.63) is 77.3 Å². The van der Waals surface area contributed by atoms with Crippen molar-refractivity contribution < 1.29 is 9.15 Å². The van der Waals surface area contributed by atoms with Crippen LogP contribution < -0.4 is 4.74 Å². The zero-order chi connectivity index (χ0) is 14.9. The standard InChI is InChI=1S/C19H13ClO2/c20-17-7-3-1-5-13(17)12-21-14-9-10-19-16(11-14)15-6-2-4-8-18(15)22-19/h1-11H,12H2. The summed E-state index contributed by atoms with van der Waals surface area (Å²) in [6.45, 7) is 0.445. The molecule has 0 saturated heterocycles. The van der Waals surface area contributed by atoms with Gasteiger partial charge in [-0.25, -0.2) is 0 Å². The molecule has 0 N–H and O–H groups in total. The van der Waals surface area contributed by atoms with Gasteiger partial charge in [-0.1, -0.05) is 48.0 Å². The molecule has 3 aromatic carbocycles. The van der Waals surface area contributed by atoms with E-state index in [0.717, 1.165) is 38.3 Å². The van der Waals surface area contributed by atoms with Crippen molar-refractivity contribution in [1.82, 2.24) is 0 Å². The smallest absolute Gasteiger partial charge is 0.135 e. The van der Waals surface area contributed by atoms with Gasteiger partial charge in [0.05, 0.1) is 0 Å². The van der Waals surface area contributed by atoms with Crippen molar-refractivity contribution in [2.24, 2.45) is 0 Å². The predicted octanol–water partition coefficient (Wildman–Crippen LogP) is 5.82. The van der Waals surface area contributed by atoms with Crippen LogP contribution in [0.3, 0.4) is 0 Å². The van der Waals surface area contributed by atoms with Gasteiger partial charge in [-0.05, 0) is 30.3 Å². The van der Waals surface area contributed by atoms with Gasteiger partial charge >= 0.3 is 0 Å². The Morgan fingerprint density at radius 1 is 0.818 bits per heavy atom.